The molecular weight excluding hydrogens is 352 g/mol. The molecule has 4 aliphatic rings. The maximum atomic E-state index is 12.5. The molecule has 5 nitrogen and oxygen atoms in total. The molecule has 1 heterocycles. The molecule has 2 bridgehead atoms. The van der Waals surface area contributed by atoms with Crippen LogP contribution in [0, 0.1) is 10.8 Å². The number of amides is 1. The van der Waals surface area contributed by atoms with Crippen molar-refractivity contribution in [3.05, 3.63) is 29.8 Å². The van der Waals surface area contributed by atoms with Crippen molar-refractivity contribution in [1.82, 2.24) is 5.32 Å². The van der Waals surface area contributed by atoms with E-state index in [1.165, 1.54) is 5.56 Å². The molecule has 0 saturated heterocycles. The average Bonchev–Trinajstić information content (AvgIpc) is 2.73. The Bertz CT molecular complexity index is 750. The summed E-state index contributed by atoms with van der Waals surface area (Å²) in [5.74, 6) is -0.411. The van der Waals surface area contributed by atoms with Crippen LogP contribution in [0.5, 0.6) is 0 Å². The smallest absolute Gasteiger partial charge is 0.309 e. The van der Waals surface area contributed by atoms with Crippen molar-refractivity contribution in [2.75, 3.05) is 11.4 Å². The summed E-state index contributed by atoms with van der Waals surface area (Å²) in [6.07, 6.45) is 6.93. The molecular formula is C23H32N2O3. The number of rotatable bonds is 5. The number of nitrogens with one attached hydrogen (secondary N) is 1. The second-order valence-electron chi connectivity index (χ2n) is 9.28. The Morgan fingerprint density at radius 1 is 1.14 bits per heavy atom. The van der Waals surface area contributed by atoms with Crippen LogP contribution in [0.4, 0.5) is 5.69 Å². The summed E-state index contributed by atoms with van der Waals surface area (Å²) < 4.78 is 0. The molecule has 0 unspecified atom stereocenters. The zero-order valence-corrected chi connectivity index (χ0v) is 17.0. The molecule has 0 radical (unpaired) electrons. The maximum Gasteiger partial charge on any atom is 0.309 e. The Hall–Kier alpha value is -1.88. The minimum absolute atomic E-state index is 0.176. The Morgan fingerprint density at radius 2 is 1.79 bits per heavy atom. The normalized spacial score (nSPS) is 34.1. The Balaban J connectivity index is 1.49. The third-order valence-corrected chi connectivity index (χ3v) is 7.74. The van der Waals surface area contributed by atoms with Gasteiger partial charge < -0.3 is 15.3 Å². The quantitative estimate of drug-likeness (QED) is 0.795. The van der Waals surface area contributed by atoms with Crippen molar-refractivity contribution in [3.63, 3.8) is 0 Å². The van der Waals surface area contributed by atoms with Gasteiger partial charge in [0.2, 0.25) is 5.91 Å². The molecule has 2 N–H and O–H groups in total. The first-order chi connectivity index (χ1) is 13.4. The minimum atomic E-state index is -0.593. The first-order valence-corrected chi connectivity index (χ1v) is 10.8. The van der Waals surface area contributed by atoms with E-state index in [9.17, 15) is 14.7 Å². The van der Waals surface area contributed by atoms with Gasteiger partial charge in [0.05, 0.1) is 5.41 Å². The standard InChI is InChI=1S/C23H32N2O3/c1-3-20(26)25-16(2)14-18(17-6-4-5-7-19(17)25)24-15-22-8-11-23(12-9-22,13-10-22)21(27)28/h4-7,16,18,24H,3,8-15H2,1-2H3,(H,27,28)/t16-,18+,22?,23?/m0/s1. The summed E-state index contributed by atoms with van der Waals surface area (Å²) >= 11 is 0. The van der Waals surface area contributed by atoms with Crippen molar-refractivity contribution >= 4 is 17.6 Å². The monoisotopic (exact) mass is 384 g/mol. The topological polar surface area (TPSA) is 69.6 Å². The predicted octanol–water partition coefficient (Wildman–Crippen LogP) is 4.28. The number of hydrogen-bond acceptors (Lipinski definition) is 3. The minimum Gasteiger partial charge on any atom is -0.481 e. The molecule has 5 rings (SSSR count). The molecule has 0 spiro atoms. The molecule has 3 fully saturated rings. The highest BCUT2D eigenvalue weighted by molar-refractivity contribution is 5.95. The molecule has 3 saturated carbocycles. The van der Waals surface area contributed by atoms with E-state index in [1.807, 2.05) is 17.9 Å². The fourth-order valence-corrected chi connectivity index (χ4v) is 5.75. The zero-order chi connectivity index (χ0) is 19.9. The highest BCUT2D eigenvalue weighted by Gasteiger charge is 2.52. The predicted molar refractivity (Wildman–Crippen MR) is 109 cm³/mol. The SMILES string of the molecule is CCC(=O)N1c2ccccc2[C@H](NCC23CCC(C(=O)O)(CC2)CC3)C[C@@H]1C. The molecule has 152 valence electrons. The van der Waals surface area contributed by atoms with Crippen LogP contribution in [0.1, 0.15) is 76.8 Å². The van der Waals surface area contributed by atoms with Gasteiger partial charge in [0.15, 0.2) is 0 Å². The van der Waals surface area contributed by atoms with Crippen LogP contribution in [0.25, 0.3) is 0 Å². The lowest BCUT2D eigenvalue weighted by atomic mass is 9.53. The summed E-state index contributed by atoms with van der Waals surface area (Å²) in [6.45, 7) is 5.00. The van der Waals surface area contributed by atoms with E-state index in [1.54, 1.807) is 0 Å². The largest absolute Gasteiger partial charge is 0.481 e. The lowest BCUT2D eigenvalue weighted by Gasteiger charge is -2.52. The Labute approximate surface area is 167 Å². The number of carboxylic acid groups (broad SMARTS) is 1. The van der Waals surface area contributed by atoms with E-state index in [-0.39, 0.29) is 23.4 Å². The first kappa shape index (κ1) is 19.4. The van der Waals surface area contributed by atoms with Crippen LogP contribution < -0.4 is 10.2 Å². The van der Waals surface area contributed by atoms with Gasteiger partial charge in [-0.25, -0.2) is 0 Å². The van der Waals surface area contributed by atoms with Gasteiger partial charge >= 0.3 is 5.97 Å². The van der Waals surface area contributed by atoms with Crippen molar-refractivity contribution in [1.29, 1.82) is 0 Å². The van der Waals surface area contributed by atoms with E-state index in [0.29, 0.717) is 6.42 Å². The van der Waals surface area contributed by atoms with Crippen LogP contribution in [0.3, 0.4) is 0 Å². The summed E-state index contributed by atoms with van der Waals surface area (Å²) in [6, 6.07) is 8.69. The van der Waals surface area contributed by atoms with Gasteiger partial charge in [-0.1, -0.05) is 25.1 Å². The lowest BCUT2D eigenvalue weighted by molar-refractivity contribution is -0.158. The number of para-hydroxylation sites is 1. The zero-order valence-electron chi connectivity index (χ0n) is 17.0. The van der Waals surface area contributed by atoms with Crippen molar-refractivity contribution in [3.8, 4) is 0 Å². The number of carbonyl (C=O) groups excluding carboxylic acids is 1. The number of hydrogen-bond donors (Lipinski definition) is 2. The number of benzene rings is 1. The number of anilines is 1. The number of aliphatic carboxylic acids is 1. The molecule has 2 atom stereocenters. The summed E-state index contributed by atoms with van der Waals surface area (Å²) in [4.78, 5) is 26.1. The van der Waals surface area contributed by atoms with Gasteiger partial charge in [0.1, 0.15) is 0 Å². The second kappa shape index (κ2) is 7.18. The number of carboxylic acids is 1. The molecule has 1 aromatic carbocycles. The number of fused-ring (bicyclic) bond motifs is 4. The fraction of sp³-hybridized carbons (Fsp3) is 0.652. The van der Waals surface area contributed by atoms with E-state index >= 15 is 0 Å². The summed E-state index contributed by atoms with van der Waals surface area (Å²) in [5, 5.41) is 13.4. The Morgan fingerprint density at radius 3 is 2.39 bits per heavy atom. The van der Waals surface area contributed by atoms with Crippen LogP contribution in [0.2, 0.25) is 0 Å². The van der Waals surface area contributed by atoms with Gasteiger partial charge in [-0.3, -0.25) is 9.59 Å². The lowest BCUT2D eigenvalue weighted by Crippen LogP contribution is -2.51. The Kier molecular flexibility index (Phi) is 4.98. The van der Waals surface area contributed by atoms with E-state index in [0.717, 1.165) is 57.2 Å². The average molecular weight is 385 g/mol. The third kappa shape index (κ3) is 3.14. The number of nitrogens with zero attached hydrogens (tertiary/aromatic N) is 1. The van der Waals surface area contributed by atoms with Crippen molar-refractivity contribution in [2.45, 2.75) is 77.3 Å². The maximum absolute atomic E-state index is 12.5. The van der Waals surface area contributed by atoms with E-state index < -0.39 is 11.4 Å². The highest BCUT2D eigenvalue weighted by Crippen LogP contribution is 2.57. The summed E-state index contributed by atoms with van der Waals surface area (Å²) in [7, 11) is 0. The molecule has 1 aliphatic heterocycles. The highest BCUT2D eigenvalue weighted by atomic mass is 16.4. The molecule has 3 aliphatic carbocycles. The summed E-state index contributed by atoms with van der Waals surface area (Å²) in [5.41, 5.74) is 2.05. The van der Waals surface area contributed by atoms with Gasteiger partial charge in [-0.15, -0.1) is 0 Å². The molecule has 28 heavy (non-hydrogen) atoms. The van der Waals surface area contributed by atoms with Gasteiger partial charge in [0.25, 0.3) is 0 Å². The molecule has 0 aromatic heterocycles. The van der Waals surface area contributed by atoms with Crippen LogP contribution in [-0.4, -0.2) is 29.6 Å². The van der Waals surface area contributed by atoms with Crippen LogP contribution >= 0.6 is 0 Å². The first-order valence-electron chi connectivity index (χ1n) is 10.8. The van der Waals surface area contributed by atoms with E-state index in [4.69, 9.17) is 0 Å². The van der Waals surface area contributed by atoms with Crippen LogP contribution in [0.15, 0.2) is 24.3 Å². The van der Waals surface area contributed by atoms with Crippen molar-refractivity contribution < 1.29 is 14.7 Å². The molecule has 1 aromatic rings. The number of carbonyl (C=O) groups is 2. The van der Waals surface area contributed by atoms with Gasteiger partial charge in [-0.2, -0.15) is 0 Å². The van der Waals surface area contributed by atoms with E-state index in [2.05, 4.69) is 30.4 Å². The third-order valence-electron chi connectivity index (χ3n) is 7.74. The van der Waals surface area contributed by atoms with Gasteiger partial charge in [0, 0.05) is 30.7 Å². The van der Waals surface area contributed by atoms with Gasteiger partial charge in [-0.05, 0) is 68.9 Å². The fourth-order valence-electron chi connectivity index (χ4n) is 5.75. The van der Waals surface area contributed by atoms with Crippen LogP contribution in [-0.2, 0) is 9.59 Å². The molecule has 5 heteroatoms. The molecule has 1 amide bonds. The van der Waals surface area contributed by atoms with Crippen molar-refractivity contribution in [2.24, 2.45) is 10.8 Å². The second-order valence-corrected chi connectivity index (χ2v) is 9.28.